The summed E-state index contributed by atoms with van der Waals surface area (Å²) in [4.78, 5) is 5.01. The van der Waals surface area contributed by atoms with E-state index < -0.39 is 0 Å². The lowest BCUT2D eigenvalue weighted by Crippen LogP contribution is -2.52. The number of nitrogens with zero attached hydrogens (tertiary/aromatic N) is 2. The first-order chi connectivity index (χ1) is 8.63. The second-order valence-electron chi connectivity index (χ2n) is 5.27. The van der Waals surface area contributed by atoms with E-state index in [1.54, 1.807) is 0 Å². The van der Waals surface area contributed by atoms with E-state index in [-0.39, 0.29) is 6.04 Å². The highest BCUT2D eigenvalue weighted by Crippen LogP contribution is 2.26. The minimum atomic E-state index is 0.0979. The summed E-state index contributed by atoms with van der Waals surface area (Å²) >= 11 is 0. The highest BCUT2D eigenvalue weighted by atomic mass is 15.3. The minimum Gasteiger partial charge on any atom is -0.368 e. The zero-order valence-electron chi connectivity index (χ0n) is 11.8. The molecular formula is C15H25N3. The van der Waals surface area contributed by atoms with Gasteiger partial charge in [0.2, 0.25) is 0 Å². The maximum absolute atomic E-state index is 6.07. The Hall–Kier alpha value is -1.06. The molecule has 1 aromatic rings. The molecule has 3 heteroatoms. The molecule has 18 heavy (non-hydrogen) atoms. The van der Waals surface area contributed by atoms with Gasteiger partial charge >= 0.3 is 0 Å². The van der Waals surface area contributed by atoms with Crippen LogP contribution in [0.3, 0.4) is 0 Å². The summed E-state index contributed by atoms with van der Waals surface area (Å²) in [7, 11) is 0. The summed E-state index contributed by atoms with van der Waals surface area (Å²) in [6.45, 7) is 11.1. The molecule has 2 rings (SSSR count). The van der Waals surface area contributed by atoms with Crippen molar-refractivity contribution < 1.29 is 0 Å². The first-order valence-corrected chi connectivity index (χ1v) is 6.97. The number of piperazine rings is 1. The fraction of sp³-hybridized carbons (Fsp3) is 0.600. The molecule has 1 fully saturated rings. The Morgan fingerprint density at radius 3 is 2.67 bits per heavy atom. The molecule has 1 heterocycles. The Labute approximate surface area is 111 Å². The Morgan fingerprint density at radius 2 is 2.06 bits per heavy atom. The molecule has 0 saturated carbocycles. The van der Waals surface area contributed by atoms with E-state index in [0.717, 1.165) is 26.2 Å². The van der Waals surface area contributed by atoms with Gasteiger partial charge in [-0.15, -0.1) is 0 Å². The lowest BCUT2D eigenvalue weighted by molar-refractivity contribution is 0.199. The Bertz CT molecular complexity index is 389. The molecule has 3 nitrogen and oxygen atoms in total. The van der Waals surface area contributed by atoms with Crippen molar-refractivity contribution in [3.05, 3.63) is 29.8 Å². The van der Waals surface area contributed by atoms with Crippen LogP contribution in [-0.2, 0) is 0 Å². The van der Waals surface area contributed by atoms with Gasteiger partial charge in [-0.3, -0.25) is 4.90 Å². The maximum Gasteiger partial charge on any atom is 0.0415 e. The van der Waals surface area contributed by atoms with Crippen LogP contribution < -0.4 is 10.6 Å². The zero-order valence-corrected chi connectivity index (χ0v) is 11.8. The first kappa shape index (κ1) is 13.4. The summed E-state index contributed by atoms with van der Waals surface area (Å²) in [6, 6.07) is 9.25. The van der Waals surface area contributed by atoms with Gasteiger partial charge in [0.25, 0.3) is 0 Å². The summed E-state index contributed by atoms with van der Waals surface area (Å²) in [5.41, 5.74) is 8.65. The van der Waals surface area contributed by atoms with Gasteiger partial charge in [0.05, 0.1) is 0 Å². The summed E-state index contributed by atoms with van der Waals surface area (Å²) in [6.07, 6.45) is 0. The number of nitrogens with two attached hydrogens (primary N) is 1. The number of rotatable bonds is 3. The molecule has 1 unspecified atom stereocenters. The molecule has 1 aliphatic rings. The van der Waals surface area contributed by atoms with E-state index in [0.29, 0.717) is 6.04 Å². The van der Waals surface area contributed by atoms with Gasteiger partial charge in [-0.25, -0.2) is 0 Å². The van der Waals surface area contributed by atoms with Crippen molar-refractivity contribution in [1.82, 2.24) is 4.90 Å². The lowest BCUT2D eigenvalue weighted by Gasteiger charge is -2.41. The van der Waals surface area contributed by atoms with Crippen molar-refractivity contribution in [2.24, 2.45) is 5.73 Å². The number of benzene rings is 1. The van der Waals surface area contributed by atoms with E-state index in [9.17, 15) is 0 Å². The van der Waals surface area contributed by atoms with Crippen LogP contribution >= 0.6 is 0 Å². The van der Waals surface area contributed by atoms with Gasteiger partial charge in [-0.2, -0.15) is 0 Å². The maximum atomic E-state index is 6.07. The predicted octanol–water partition coefficient (Wildman–Crippen LogP) is 2.24. The SMILES string of the molecule is CCN1CCN(c2ccccc2[C@H](C)N)CC1C. The van der Waals surface area contributed by atoms with Crippen LogP contribution in [0.15, 0.2) is 24.3 Å². The average Bonchev–Trinajstić information content (AvgIpc) is 2.38. The summed E-state index contributed by atoms with van der Waals surface area (Å²) < 4.78 is 0. The van der Waals surface area contributed by atoms with E-state index in [1.165, 1.54) is 11.3 Å². The molecule has 100 valence electrons. The highest BCUT2D eigenvalue weighted by molar-refractivity contribution is 5.55. The topological polar surface area (TPSA) is 32.5 Å². The van der Waals surface area contributed by atoms with Crippen LogP contribution in [0.2, 0.25) is 0 Å². The quantitative estimate of drug-likeness (QED) is 0.889. The number of hydrogen-bond donors (Lipinski definition) is 1. The van der Waals surface area contributed by atoms with Crippen molar-refractivity contribution >= 4 is 5.69 Å². The molecule has 1 aromatic carbocycles. The molecule has 0 spiro atoms. The second kappa shape index (κ2) is 5.72. The van der Waals surface area contributed by atoms with Crippen molar-refractivity contribution in [3.63, 3.8) is 0 Å². The van der Waals surface area contributed by atoms with Gasteiger partial charge < -0.3 is 10.6 Å². The fourth-order valence-corrected chi connectivity index (χ4v) is 2.84. The molecule has 1 aliphatic heterocycles. The van der Waals surface area contributed by atoms with E-state index in [2.05, 4.69) is 54.8 Å². The second-order valence-corrected chi connectivity index (χ2v) is 5.27. The van der Waals surface area contributed by atoms with Crippen LogP contribution in [0.5, 0.6) is 0 Å². The molecule has 2 atom stereocenters. The van der Waals surface area contributed by atoms with E-state index in [1.807, 2.05) is 0 Å². The van der Waals surface area contributed by atoms with E-state index in [4.69, 9.17) is 5.73 Å². The number of para-hydroxylation sites is 1. The Kier molecular flexibility index (Phi) is 4.25. The molecule has 0 radical (unpaired) electrons. The third kappa shape index (κ3) is 2.68. The third-order valence-corrected chi connectivity index (χ3v) is 3.94. The number of likely N-dealkylation sites (N-methyl/N-ethyl adjacent to an activating group) is 1. The summed E-state index contributed by atoms with van der Waals surface area (Å²) in [5, 5.41) is 0. The van der Waals surface area contributed by atoms with Crippen molar-refractivity contribution in [3.8, 4) is 0 Å². The molecule has 2 N–H and O–H groups in total. The summed E-state index contributed by atoms with van der Waals surface area (Å²) in [5.74, 6) is 0. The van der Waals surface area contributed by atoms with Crippen LogP contribution in [0, 0.1) is 0 Å². The van der Waals surface area contributed by atoms with Crippen LogP contribution in [0.4, 0.5) is 5.69 Å². The monoisotopic (exact) mass is 247 g/mol. The smallest absolute Gasteiger partial charge is 0.0415 e. The van der Waals surface area contributed by atoms with Crippen molar-refractivity contribution in [2.75, 3.05) is 31.1 Å². The van der Waals surface area contributed by atoms with Crippen molar-refractivity contribution in [2.45, 2.75) is 32.9 Å². The standard InChI is InChI=1S/C15H25N3/c1-4-17-9-10-18(11-12(17)2)15-8-6-5-7-14(15)13(3)16/h5-8,12-13H,4,9-11,16H2,1-3H3/t12?,13-/m0/s1. The molecule has 0 aliphatic carbocycles. The molecule has 0 amide bonds. The van der Waals surface area contributed by atoms with Gasteiger partial charge in [0.1, 0.15) is 0 Å². The largest absolute Gasteiger partial charge is 0.368 e. The molecular weight excluding hydrogens is 222 g/mol. The average molecular weight is 247 g/mol. The number of anilines is 1. The molecule has 0 bridgehead atoms. The third-order valence-electron chi connectivity index (χ3n) is 3.94. The minimum absolute atomic E-state index is 0.0979. The zero-order chi connectivity index (χ0) is 13.1. The van der Waals surface area contributed by atoms with Gasteiger partial charge in [0, 0.05) is 37.4 Å². The Morgan fingerprint density at radius 1 is 1.33 bits per heavy atom. The van der Waals surface area contributed by atoms with Crippen LogP contribution in [-0.4, -0.2) is 37.1 Å². The van der Waals surface area contributed by atoms with Gasteiger partial charge in [-0.05, 0) is 32.0 Å². The fourth-order valence-electron chi connectivity index (χ4n) is 2.84. The van der Waals surface area contributed by atoms with Gasteiger partial charge in [0.15, 0.2) is 0 Å². The molecule has 0 aromatic heterocycles. The van der Waals surface area contributed by atoms with Gasteiger partial charge in [-0.1, -0.05) is 25.1 Å². The van der Waals surface area contributed by atoms with Crippen LogP contribution in [0.25, 0.3) is 0 Å². The normalized spacial score (nSPS) is 23.1. The van der Waals surface area contributed by atoms with Crippen LogP contribution in [0.1, 0.15) is 32.4 Å². The van der Waals surface area contributed by atoms with E-state index >= 15 is 0 Å². The first-order valence-electron chi connectivity index (χ1n) is 6.97. The van der Waals surface area contributed by atoms with Crippen molar-refractivity contribution in [1.29, 1.82) is 0 Å². The highest BCUT2D eigenvalue weighted by Gasteiger charge is 2.24. The lowest BCUT2D eigenvalue weighted by atomic mass is 10.0. The number of hydrogen-bond acceptors (Lipinski definition) is 3. The Balaban J connectivity index is 2.18. The predicted molar refractivity (Wildman–Crippen MR) is 78.0 cm³/mol. The molecule has 1 saturated heterocycles.